The largest absolute Gasteiger partial charge is 0.370 e. The highest BCUT2D eigenvalue weighted by Crippen LogP contribution is 2.19. The van der Waals surface area contributed by atoms with E-state index in [9.17, 15) is 4.39 Å². The van der Waals surface area contributed by atoms with Crippen LogP contribution in [0.15, 0.2) is 45.9 Å². The molecule has 2 rings (SSSR count). The molecule has 0 heterocycles. The van der Waals surface area contributed by atoms with E-state index in [0.717, 1.165) is 15.7 Å². The lowest BCUT2D eigenvalue weighted by Crippen LogP contribution is -2.22. The topological polar surface area (TPSA) is 50.4 Å². The molecule has 2 aromatic carbocycles. The fourth-order valence-corrected chi connectivity index (χ4v) is 2.21. The molecule has 3 nitrogen and oxygen atoms in total. The van der Waals surface area contributed by atoms with Crippen molar-refractivity contribution in [2.45, 2.75) is 20.4 Å². The van der Waals surface area contributed by atoms with Crippen molar-refractivity contribution < 1.29 is 4.39 Å². The van der Waals surface area contributed by atoms with Gasteiger partial charge >= 0.3 is 0 Å². The minimum absolute atomic E-state index is 0.288. The zero-order chi connectivity index (χ0) is 15.4. The summed E-state index contributed by atoms with van der Waals surface area (Å²) in [5, 5.41) is 3.03. The molecule has 0 aliphatic heterocycles. The van der Waals surface area contributed by atoms with Crippen LogP contribution in [0.3, 0.4) is 0 Å². The first-order valence-electron chi connectivity index (χ1n) is 6.54. The quantitative estimate of drug-likeness (QED) is 0.646. The van der Waals surface area contributed by atoms with E-state index in [0.29, 0.717) is 12.5 Å². The van der Waals surface area contributed by atoms with Crippen LogP contribution in [0.2, 0.25) is 0 Å². The molecule has 0 atom stereocenters. The number of hydrogen-bond acceptors (Lipinski definition) is 1. The number of benzene rings is 2. The molecule has 5 heteroatoms. The molecule has 0 bridgehead atoms. The van der Waals surface area contributed by atoms with Crippen LogP contribution in [-0.2, 0) is 6.54 Å². The molecule has 0 aromatic heterocycles. The summed E-state index contributed by atoms with van der Waals surface area (Å²) >= 11 is 3.37. The van der Waals surface area contributed by atoms with E-state index in [2.05, 4.69) is 33.2 Å². The van der Waals surface area contributed by atoms with E-state index in [1.807, 2.05) is 25.1 Å². The van der Waals surface area contributed by atoms with Gasteiger partial charge in [0.1, 0.15) is 5.82 Å². The van der Waals surface area contributed by atoms with Gasteiger partial charge in [0, 0.05) is 10.2 Å². The first-order chi connectivity index (χ1) is 9.95. The van der Waals surface area contributed by atoms with Crippen molar-refractivity contribution in [1.82, 2.24) is 0 Å². The highest BCUT2D eigenvalue weighted by Gasteiger charge is 2.02. The summed E-state index contributed by atoms with van der Waals surface area (Å²) in [7, 11) is 0. The Kier molecular flexibility index (Phi) is 4.96. The first-order valence-corrected chi connectivity index (χ1v) is 7.33. The summed E-state index contributed by atoms with van der Waals surface area (Å²) in [6.45, 7) is 4.40. The molecule has 0 saturated heterocycles. The Morgan fingerprint density at radius 2 is 1.95 bits per heavy atom. The van der Waals surface area contributed by atoms with Gasteiger partial charge in [-0.1, -0.05) is 22.0 Å². The van der Waals surface area contributed by atoms with E-state index in [4.69, 9.17) is 5.73 Å². The predicted octanol–water partition coefficient (Wildman–Crippen LogP) is 4.13. The normalized spacial score (nSPS) is 11.5. The standard InChI is InChI=1S/C16H17BrFN3/c1-10-3-5-14(7-11(10)2)21-16(19)20-9-12-8-13(18)4-6-15(12)17/h3-8H,9H2,1-2H3,(H3,19,20,21). The molecule has 0 aliphatic rings. The molecule has 3 N–H and O–H groups in total. The van der Waals surface area contributed by atoms with Gasteiger partial charge in [-0.3, -0.25) is 0 Å². The number of hydrogen-bond donors (Lipinski definition) is 2. The fourth-order valence-electron chi connectivity index (χ4n) is 1.84. The van der Waals surface area contributed by atoms with E-state index in [1.54, 1.807) is 6.07 Å². The number of nitrogens with zero attached hydrogens (tertiary/aromatic N) is 1. The Balaban J connectivity index is 2.07. The van der Waals surface area contributed by atoms with Crippen LogP contribution in [0.25, 0.3) is 0 Å². The number of halogens is 2. The Hall–Kier alpha value is -1.88. The molecule has 2 aromatic rings. The SMILES string of the molecule is Cc1ccc(NC(N)=NCc2cc(F)ccc2Br)cc1C. The molecular formula is C16H17BrFN3. The third-order valence-electron chi connectivity index (χ3n) is 3.21. The van der Waals surface area contributed by atoms with Gasteiger partial charge in [-0.05, 0) is 60.9 Å². The Bertz CT molecular complexity index is 683. The van der Waals surface area contributed by atoms with E-state index >= 15 is 0 Å². The average molecular weight is 350 g/mol. The number of nitrogens with one attached hydrogen (secondary N) is 1. The highest BCUT2D eigenvalue weighted by molar-refractivity contribution is 9.10. The zero-order valence-corrected chi connectivity index (χ0v) is 13.5. The lowest BCUT2D eigenvalue weighted by Gasteiger charge is -2.08. The van der Waals surface area contributed by atoms with Crippen LogP contribution in [-0.4, -0.2) is 5.96 Å². The first kappa shape index (κ1) is 15.5. The van der Waals surface area contributed by atoms with E-state index in [-0.39, 0.29) is 5.82 Å². The number of anilines is 1. The van der Waals surface area contributed by atoms with Crippen molar-refractivity contribution in [2.75, 3.05) is 5.32 Å². The molecule has 21 heavy (non-hydrogen) atoms. The lowest BCUT2D eigenvalue weighted by atomic mass is 10.1. The minimum Gasteiger partial charge on any atom is -0.370 e. The third kappa shape index (κ3) is 4.29. The van der Waals surface area contributed by atoms with Crippen molar-refractivity contribution in [3.63, 3.8) is 0 Å². The number of rotatable bonds is 3. The maximum Gasteiger partial charge on any atom is 0.193 e. The smallest absolute Gasteiger partial charge is 0.193 e. The molecule has 0 spiro atoms. The second kappa shape index (κ2) is 6.72. The van der Waals surface area contributed by atoms with Crippen LogP contribution in [0.1, 0.15) is 16.7 Å². The van der Waals surface area contributed by atoms with Crippen molar-refractivity contribution in [2.24, 2.45) is 10.7 Å². The molecule has 0 amide bonds. The van der Waals surface area contributed by atoms with Gasteiger partial charge in [-0.2, -0.15) is 0 Å². The minimum atomic E-state index is -0.288. The maximum atomic E-state index is 13.2. The summed E-state index contributed by atoms with van der Waals surface area (Å²) in [6, 6.07) is 10.5. The second-order valence-electron chi connectivity index (χ2n) is 4.86. The number of nitrogens with two attached hydrogens (primary N) is 1. The molecule has 0 saturated carbocycles. The Labute approximate surface area is 132 Å². The number of aliphatic imine (C=N–C) groups is 1. The summed E-state index contributed by atoms with van der Waals surface area (Å²) in [4.78, 5) is 4.23. The van der Waals surface area contributed by atoms with Crippen LogP contribution < -0.4 is 11.1 Å². The summed E-state index contributed by atoms with van der Waals surface area (Å²) in [6.07, 6.45) is 0. The highest BCUT2D eigenvalue weighted by atomic mass is 79.9. The molecule has 110 valence electrons. The Morgan fingerprint density at radius 3 is 2.67 bits per heavy atom. The number of aryl methyl sites for hydroxylation is 2. The van der Waals surface area contributed by atoms with Crippen molar-refractivity contribution in [1.29, 1.82) is 0 Å². The van der Waals surface area contributed by atoms with Crippen LogP contribution in [0.4, 0.5) is 10.1 Å². The average Bonchev–Trinajstić information content (AvgIpc) is 2.44. The van der Waals surface area contributed by atoms with Gasteiger partial charge in [0.15, 0.2) is 5.96 Å². The summed E-state index contributed by atoms with van der Waals surface area (Å²) < 4.78 is 14.0. The van der Waals surface area contributed by atoms with Gasteiger partial charge < -0.3 is 11.1 Å². The predicted molar refractivity (Wildman–Crippen MR) is 89.0 cm³/mol. The maximum absolute atomic E-state index is 13.2. The number of guanidine groups is 1. The van der Waals surface area contributed by atoms with E-state index < -0.39 is 0 Å². The lowest BCUT2D eigenvalue weighted by molar-refractivity contribution is 0.625. The van der Waals surface area contributed by atoms with Crippen LogP contribution >= 0.6 is 15.9 Å². The molecule has 0 fully saturated rings. The second-order valence-corrected chi connectivity index (χ2v) is 5.72. The van der Waals surface area contributed by atoms with E-state index in [1.165, 1.54) is 23.3 Å². The van der Waals surface area contributed by atoms with Crippen LogP contribution in [0.5, 0.6) is 0 Å². The molecular weight excluding hydrogens is 333 g/mol. The van der Waals surface area contributed by atoms with Gasteiger partial charge in [0.2, 0.25) is 0 Å². The van der Waals surface area contributed by atoms with Crippen LogP contribution in [0, 0.1) is 19.7 Å². The van der Waals surface area contributed by atoms with Gasteiger partial charge in [0.05, 0.1) is 6.54 Å². The molecule has 0 aliphatic carbocycles. The Morgan fingerprint density at radius 1 is 1.19 bits per heavy atom. The molecule has 0 unspecified atom stereocenters. The molecule has 0 radical (unpaired) electrons. The van der Waals surface area contributed by atoms with Crippen molar-refractivity contribution >= 4 is 27.6 Å². The van der Waals surface area contributed by atoms with Crippen molar-refractivity contribution in [3.05, 3.63) is 63.4 Å². The summed E-state index contributed by atoms with van der Waals surface area (Å²) in [5.41, 5.74) is 9.90. The fraction of sp³-hybridized carbons (Fsp3) is 0.188. The van der Waals surface area contributed by atoms with Gasteiger partial charge in [-0.25, -0.2) is 9.38 Å². The van der Waals surface area contributed by atoms with Crippen molar-refractivity contribution in [3.8, 4) is 0 Å². The van der Waals surface area contributed by atoms with Gasteiger partial charge in [-0.15, -0.1) is 0 Å². The monoisotopic (exact) mass is 349 g/mol. The third-order valence-corrected chi connectivity index (χ3v) is 3.98. The van der Waals surface area contributed by atoms with Gasteiger partial charge in [0.25, 0.3) is 0 Å². The summed E-state index contributed by atoms with van der Waals surface area (Å²) in [5.74, 6) is 0.0125. The zero-order valence-electron chi connectivity index (χ0n) is 12.0.